The van der Waals surface area contributed by atoms with Crippen molar-refractivity contribution in [3.05, 3.63) is 22.7 Å². The first-order chi connectivity index (χ1) is 8.20. The van der Waals surface area contributed by atoms with Gasteiger partial charge in [0.15, 0.2) is 0 Å². The maximum absolute atomic E-state index is 6.06. The van der Waals surface area contributed by atoms with E-state index in [4.69, 9.17) is 5.73 Å². The molecule has 17 heavy (non-hydrogen) atoms. The SMILES string of the molecule is CCCN1CCN(c2ccc(Br)cc2N)CC1. The fraction of sp³-hybridized carbons (Fsp3) is 0.538. The maximum atomic E-state index is 6.06. The van der Waals surface area contributed by atoms with Crippen LogP contribution in [0.25, 0.3) is 0 Å². The lowest BCUT2D eigenvalue weighted by Gasteiger charge is -2.36. The zero-order valence-electron chi connectivity index (χ0n) is 10.3. The Kier molecular flexibility index (Phi) is 4.29. The average Bonchev–Trinajstić information content (AvgIpc) is 2.31. The fourth-order valence-corrected chi connectivity index (χ4v) is 2.72. The summed E-state index contributed by atoms with van der Waals surface area (Å²) >= 11 is 3.44. The third kappa shape index (κ3) is 3.13. The highest BCUT2D eigenvalue weighted by Gasteiger charge is 2.17. The number of nitrogen functional groups attached to an aromatic ring is 1. The minimum Gasteiger partial charge on any atom is -0.397 e. The Hall–Kier alpha value is -0.740. The van der Waals surface area contributed by atoms with Gasteiger partial charge in [-0.1, -0.05) is 22.9 Å². The van der Waals surface area contributed by atoms with Crippen LogP contribution in [0.5, 0.6) is 0 Å². The highest BCUT2D eigenvalue weighted by molar-refractivity contribution is 9.10. The van der Waals surface area contributed by atoms with Crippen LogP contribution in [0.1, 0.15) is 13.3 Å². The number of benzene rings is 1. The van der Waals surface area contributed by atoms with Gasteiger partial charge in [0.1, 0.15) is 0 Å². The molecule has 0 saturated carbocycles. The second kappa shape index (κ2) is 5.74. The zero-order valence-corrected chi connectivity index (χ0v) is 11.9. The van der Waals surface area contributed by atoms with E-state index >= 15 is 0 Å². The first-order valence-electron chi connectivity index (χ1n) is 6.23. The van der Waals surface area contributed by atoms with E-state index in [1.807, 2.05) is 6.07 Å². The lowest BCUT2D eigenvalue weighted by atomic mass is 10.2. The predicted octanol–water partition coefficient (Wildman–Crippen LogP) is 2.56. The smallest absolute Gasteiger partial charge is 0.0601 e. The van der Waals surface area contributed by atoms with Crippen LogP contribution in [0.3, 0.4) is 0 Å². The van der Waals surface area contributed by atoms with Crippen molar-refractivity contribution < 1.29 is 0 Å². The lowest BCUT2D eigenvalue weighted by molar-refractivity contribution is 0.258. The summed E-state index contributed by atoms with van der Waals surface area (Å²) in [4.78, 5) is 4.90. The quantitative estimate of drug-likeness (QED) is 0.871. The highest BCUT2D eigenvalue weighted by Crippen LogP contribution is 2.27. The number of hydrogen-bond acceptors (Lipinski definition) is 3. The van der Waals surface area contributed by atoms with Crippen LogP contribution >= 0.6 is 15.9 Å². The number of nitrogens with zero attached hydrogens (tertiary/aromatic N) is 2. The molecule has 4 heteroatoms. The molecule has 0 radical (unpaired) electrons. The Morgan fingerprint density at radius 3 is 2.53 bits per heavy atom. The Labute approximate surface area is 112 Å². The molecule has 1 aromatic carbocycles. The van der Waals surface area contributed by atoms with E-state index in [1.165, 1.54) is 18.7 Å². The van der Waals surface area contributed by atoms with E-state index in [2.05, 4.69) is 44.8 Å². The van der Waals surface area contributed by atoms with Gasteiger partial charge in [-0.05, 0) is 31.2 Å². The van der Waals surface area contributed by atoms with E-state index in [9.17, 15) is 0 Å². The molecule has 0 unspecified atom stereocenters. The van der Waals surface area contributed by atoms with Gasteiger partial charge in [-0.15, -0.1) is 0 Å². The van der Waals surface area contributed by atoms with Crippen LogP contribution in [-0.4, -0.2) is 37.6 Å². The molecular weight excluding hydrogens is 278 g/mol. The lowest BCUT2D eigenvalue weighted by Crippen LogP contribution is -2.46. The Balaban J connectivity index is 2.00. The van der Waals surface area contributed by atoms with Gasteiger partial charge in [-0.3, -0.25) is 4.90 Å². The van der Waals surface area contributed by atoms with Crippen molar-refractivity contribution in [2.45, 2.75) is 13.3 Å². The molecule has 1 aromatic rings. The van der Waals surface area contributed by atoms with Crippen LogP contribution in [0.4, 0.5) is 11.4 Å². The first kappa shape index (κ1) is 12.7. The molecule has 94 valence electrons. The van der Waals surface area contributed by atoms with Crippen LogP contribution in [0.2, 0.25) is 0 Å². The van der Waals surface area contributed by atoms with Crippen molar-refractivity contribution in [2.24, 2.45) is 0 Å². The molecule has 0 aliphatic carbocycles. The van der Waals surface area contributed by atoms with E-state index in [0.29, 0.717) is 0 Å². The highest BCUT2D eigenvalue weighted by atomic mass is 79.9. The molecule has 1 aliphatic rings. The van der Waals surface area contributed by atoms with Gasteiger partial charge in [0, 0.05) is 30.7 Å². The van der Waals surface area contributed by atoms with Gasteiger partial charge in [-0.2, -0.15) is 0 Å². The number of rotatable bonds is 3. The minimum atomic E-state index is 0.864. The third-order valence-electron chi connectivity index (χ3n) is 3.24. The summed E-state index contributed by atoms with van der Waals surface area (Å²) in [6.07, 6.45) is 1.24. The normalized spacial score (nSPS) is 17.4. The van der Waals surface area contributed by atoms with Crippen molar-refractivity contribution in [1.29, 1.82) is 0 Å². The molecule has 0 atom stereocenters. The summed E-state index contributed by atoms with van der Waals surface area (Å²) < 4.78 is 1.04. The molecule has 2 rings (SSSR count). The summed E-state index contributed by atoms with van der Waals surface area (Å²) in [5.74, 6) is 0. The van der Waals surface area contributed by atoms with E-state index in [-0.39, 0.29) is 0 Å². The molecule has 0 amide bonds. The first-order valence-corrected chi connectivity index (χ1v) is 7.02. The van der Waals surface area contributed by atoms with Crippen LogP contribution in [0, 0.1) is 0 Å². The maximum Gasteiger partial charge on any atom is 0.0601 e. The minimum absolute atomic E-state index is 0.864. The summed E-state index contributed by atoms with van der Waals surface area (Å²) in [5, 5.41) is 0. The standard InChI is InChI=1S/C13H20BrN3/c1-2-5-16-6-8-17(9-7-16)13-4-3-11(14)10-12(13)15/h3-4,10H,2,5-9,15H2,1H3. The summed E-state index contributed by atoms with van der Waals surface area (Å²) in [5.41, 5.74) is 8.10. The van der Waals surface area contributed by atoms with Crippen molar-refractivity contribution in [2.75, 3.05) is 43.4 Å². The van der Waals surface area contributed by atoms with Gasteiger partial charge >= 0.3 is 0 Å². The number of halogens is 1. The Morgan fingerprint density at radius 1 is 1.24 bits per heavy atom. The molecule has 1 fully saturated rings. The van der Waals surface area contributed by atoms with Crippen LogP contribution in [-0.2, 0) is 0 Å². The molecule has 0 bridgehead atoms. The number of piperazine rings is 1. The van der Waals surface area contributed by atoms with Gasteiger partial charge < -0.3 is 10.6 Å². The number of anilines is 2. The van der Waals surface area contributed by atoms with Crippen LogP contribution in [0.15, 0.2) is 22.7 Å². The average molecular weight is 298 g/mol. The van der Waals surface area contributed by atoms with Crippen molar-refractivity contribution in [3.8, 4) is 0 Å². The number of nitrogens with two attached hydrogens (primary N) is 1. The van der Waals surface area contributed by atoms with Gasteiger partial charge in [0.05, 0.1) is 11.4 Å². The predicted molar refractivity (Wildman–Crippen MR) is 77.5 cm³/mol. The molecule has 0 aromatic heterocycles. The van der Waals surface area contributed by atoms with Crippen molar-refractivity contribution >= 4 is 27.3 Å². The van der Waals surface area contributed by atoms with Gasteiger partial charge in [0.25, 0.3) is 0 Å². The van der Waals surface area contributed by atoms with Crippen molar-refractivity contribution in [3.63, 3.8) is 0 Å². The Morgan fingerprint density at radius 2 is 1.94 bits per heavy atom. The molecule has 1 saturated heterocycles. The molecule has 0 spiro atoms. The molecule has 1 heterocycles. The second-order valence-electron chi connectivity index (χ2n) is 4.53. The van der Waals surface area contributed by atoms with Gasteiger partial charge in [-0.25, -0.2) is 0 Å². The molecule has 3 nitrogen and oxygen atoms in total. The fourth-order valence-electron chi connectivity index (χ4n) is 2.34. The Bertz CT molecular complexity index is 373. The van der Waals surface area contributed by atoms with E-state index < -0.39 is 0 Å². The monoisotopic (exact) mass is 297 g/mol. The summed E-state index contributed by atoms with van der Waals surface area (Å²) in [7, 11) is 0. The summed E-state index contributed by atoms with van der Waals surface area (Å²) in [6.45, 7) is 7.88. The third-order valence-corrected chi connectivity index (χ3v) is 3.74. The van der Waals surface area contributed by atoms with E-state index in [0.717, 1.165) is 36.3 Å². The largest absolute Gasteiger partial charge is 0.397 e. The number of hydrogen-bond donors (Lipinski definition) is 1. The van der Waals surface area contributed by atoms with Gasteiger partial charge in [0.2, 0.25) is 0 Å². The molecule has 2 N–H and O–H groups in total. The molecular formula is C13H20BrN3. The summed E-state index contributed by atoms with van der Waals surface area (Å²) in [6, 6.07) is 6.15. The zero-order chi connectivity index (χ0) is 12.3. The van der Waals surface area contributed by atoms with Crippen LogP contribution < -0.4 is 10.6 Å². The topological polar surface area (TPSA) is 32.5 Å². The van der Waals surface area contributed by atoms with E-state index in [1.54, 1.807) is 0 Å². The second-order valence-corrected chi connectivity index (χ2v) is 5.45. The molecule has 1 aliphatic heterocycles. The van der Waals surface area contributed by atoms with Crippen molar-refractivity contribution in [1.82, 2.24) is 4.90 Å².